The Bertz CT molecular complexity index is 754. The summed E-state index contributed by atoms with van der Waals surface area (Å²) in [4.78, 5) is 17.6. The van der Waals surface area contributed by atoms with Gasteiger partial charge in [0.05, 0.1) is 11.2 Å². The van der Waals surface area contributed by atoms with Crippen LogP contribution in [-0.4, -0.2) is 43.6 Å². The average molecular weight is 339 g/mol. The lowest BCUT2D eigenvalue weighted by molar-refractivity contribution is -0.130. The fourth-order valence-electron chi connectivity index (χ4n) is 2.86. The van der Waals surface area contributed by atoms with E-state index in [1.54, 1.807) is 0 Å². The van der Waals surface area contributed by atoms with Crippen molar-refractivity contribution in [2.24, 2.45) is 0 Å². The number of fused-ring (bicyclic) bond motifs is 1. The summed E-state index contributed by atoms with van der Waals surface area (Å²) in [6, 6.07) is 5.62. The number of H-pyrrole nitrogens is 1. The van der Waals surface area contributed by atoms with E-state index in [1.165, 1.54) is 0 Å². The molecule has 1 amide bonds. The molecule has 0 aliphatic carbocycles. The number of halogens is 1. The van der Waals surface area contributed by atoms with Crippen molar-refractivity contribution in [2.45, 2.75) is 25.0 Å². The SMILES string of the molecule is CC1(C)CN(C(=O)Cc2c[nH]c3ccc(Cl)cc23)CCS1=O. The highest BCUT2D eigenvalue weighted by atomic mass is 35.5. The van der Waals surface area contributed by atoms with Gasteiger partial charge in [-0.2, -0.15) is 0 Å². The molecule has 2 aromatic rings. The van der Waals surface area contributed by atoms with Gasteiger partial charge in [-0.1, -0.05) is 11.6 Å². The van der Waals surface area contributed by atoms with Crippen LogP contribution in [0.2, 0.25) is 5.02 Å². The zero-order valence-corrected chi connectivity index (χ0v) is 14.3. The molecule has 2 heterocycles. The van der Waals surface area contributed by atoms with Crippen LogP contribution in [-0.2, 0) is 22.0 Å². The van der Waals surface area contributed by atoms with Crippen LogP contribution in [0, 0.1) is 0 Å². The number of rotatable bonds is 2. The Balaban J connectivity index is 1.79. The van der Waals surface area contributed by atoms with Gasteiger partial charge in [0.15, 0.2) is 0 Å². The van der Waals surface area contributed by atoms with Crippen molar-refractivity contribution in [3.05, 3.63) is 35.0 Å². The largest absolute Gasteiger partial charge is 0.361 e. The molecule has 1 fully saturated rings. The molecule has 1 atom stereocenters. The van der Waals surface area contributed by atoms with Crippen LogP contribution in [0.4, 0.5) is 0 Å². The van der Waals surface area contributed by atoms with Crippen LogP contribution in [0.3, 0.4) is 0 Å². The second-order valence-corrected chi connectivity index (χ2v) is 8.95. The zero-order chi connectivity index (χ0) is 15.9. The molecule has 1 aromatic carbocycles. The molecule has 6 heteroatoms. The summed E-state index contributed by atoms with van der Waals surface area (Å²) in [7, 11) is -0.869. The smallest absolute Gasteiger partial charge is 0.227 e. The van der Waals surface area contributed by atoms with Gasteiger partial charge in [0.1, 0.15) is 0 Å². The quantitative estimate of drug-likeness (QED) is 0.915. The summed E-state index contributed by atoms with van der Waals surface area (Å²) in [5.41, 5.74) is 1.93. The van der Waals surface area contributed by atoms with Crippen molar-refractivity contribution < 1.29 is 9.00 Å². The molecule has 22 heavy (non-hydrogen) atoms. The number of hydrogen-bond acceptors (Lipinski definition) is 2. The van der Waals surface area contributed by atoms with Gasteiger partial charge >= 0.3 is 0 Å². The topological polar surface area (TPSA) is 53.2 Å². The second kappa shape index (κ2) is 5.70. The average Bonchev–Trinajstić information content (AvgIpc) is 2.84. The molecule has 3 rings (SSSR count). The Morgan fingerprint density at radius 1 is 1.45 bits per heavy atom. The predicted molar refractivity (Wildman–Crippen MR) is 90.7 cm³/mol. The summed E-state index contributed by atoms with van der Waals surface area (Å²) in [5, 5.41) is 1.65. The zero-order valence-electron chi connectivity index (χ0n) is 12.7. The number of nitrogens with one attached hydrogen (secondary N) is 1. The number of hydrogen-bond donors (Lipinski definition) is 1. The number of carbonyl (C=O) groups is 1. The number of amides is 1. The van der Waals surface area contributed by atoms with E-state index in [2.05, 4.69) is 4.98 Å². The van der Waals surface area contributed by atoms with Crippen LogP contribution in [0.1, 0.15) is 19.4 Å². The number of nitrogens with zero attached hydrogens (tertiary/aromatic N) is 1. The molecule has 118 valence electrons. The van der Waals surface area contributed by atoms with Crippen molar-refractivity contribution in [1.82, 2.24) is 9.88 Å². The van der Waals surface area contributed by atoms with Gasteiger partial charge in [-0.15, -0.1) is 0 Å². The lowest BCUT2D eigenvalue weighted by Crippen LogP contribution is -2.52. The van der Waals surface area contributed by atoms with Crippen LogP contribution in [0.25, 0.3) is 10.9 Å². The third-order valence-corrected chi connectivity index (χ3v) is 6.31. The number of carbonyl (C=O) groups excluding carboxylic acids is 1. The van der Waals surface area contributed by atoms with E-state index in [1.807, 2.05) is 43.1 Å². The van der Waals surface area contributed by atoms with Crippen molar-refractivity contribution in [2.75, 3.05) is 18.8 Å². The highest BCUT2D eigenvalue weighted by molar-refractivity contribution is 7.86. The van der Waals surface area contributed by atoms with Crippen molar-refractivity contribution >= 4 is 39.2 Å². The van der Waals surface area contributed by atoms with Crippen LogP contribution >= 0.6 is 11.6 Å². The van der Waals surface area contributed by atoms with E-state index in [0.29, 0.717) is 30.3 Å². The van der Waals surface area contributed by atoms with E-state index in [4.69, 9.17) is 11.6 Å². The minimum absolute atomic E-state index is 0.0747. The van der Waals surface area contributed by atoms with Gasteiger partial charge in [0.25, 0.3) is 0 Å². The van der Waals surface area contributed by atoms with Gasteiger partial charge < -0.3 is 9.88 Å². The third-order valence-electron chi connectivity index (χ3n) is 4.16. The lowest BCUT2D eigenvalue weighted by atomic mass is 10.1. The first-order valence-corrected chi connectivity index (χ1v) is 8.98. The highest BCUT2D eigenvalue weighted by Gasteiger charge is 2.35. The van der Waals surface area contributed by atoms with Crippen LogP contribution < -0.4 is 0 Å². The van der Waals surface area contributed by atoms with Crippen LogP contribution in [0.15, 0.2) is 24.4 Å². The van der Waals surface area contributed by atoms with E-state index in [0.717, 1.165) is 16.5 Å². The fourth-order valence-corrected chi connectivity index (χ4v) is 4.28. The first-order chi connectivity index (χ1) is 10.4. The summed E-state index contributed by atoms with van der Waals surface area (Å²) >= 11 is 6.04. The Hall–Kier alpha value is -1.33. The Labute approximate surface area is 137 Å². The minimum Gasteiger partial charge on any atom is -0.361 e. The Kier molecular flexibility index (Phi) is 4.03. The normalized spacial score (nSPS) is 21.2. The molecular weight excluding hydrogens is 320 g/mol. The maximum absolute atomic E-state index is 12.6. The lowest BCUT2D eigenvalue weighted by Gasteiger charge is -2.37. The van der Waals surface area contributed by atoms with Crippen molar-refractivity contribution in [3.63, 3.8) is 0 Å². The summed E-state index contributed by atoms with van der Waals surface area (Å²) in [6.45, 7) is 5.02. The molecule has 0 spiro atoms. The predicted octanol–water partition coefficient (Wildman–Crippen LogP) is 2.73. The van der Waals surface area contributed by atoms with E-state index >= 15 is 0 Å². The highest BCUT2D eigenvalue weighted by Crippen LogP contribution is 2.25. The van der Waals surface area contributed by atoms with E-state index in [-0.39, 0.29) is 10.7 Å². The van der Waals surface area contributed by atoms with E-state index in [9.17, 15) is 9.00 Å². The van der Waals surface area contributed by atoms with Gasteiger partial charge in [0, 0.05) is 51.8 Å². The van der Waals surface area contributed by atoms with E-state index < -0.39 is 10.8 Å². The number of aromatic amines is 1. The van der Waals surface area contributed by atoms with Crippen molar-refractivity contribution in [1.29, 1.82) is 0 Å². The first kappa shape index (κ1) is 15.6. The molecular formula is C16H19ClN2O2S. The molecule has 0 bridgehead atoms. The summed E-state index contributed by atoms with van der Waals surface area (Å²) < 4.78 is 11.6. The fraction of sp³-hybridized carbons (Fsp3) is 0.438. The molecule has 1 aliphatic rings. The number of aromatic nitrogens is 1. The molecule has 1 saturated heterocycles. The molecule has 1 aromatic heterocycles. The summed E-state index contributed by atoms with van der Waals surface area (Å²) in [5.74, 6) is 0.629. The van der Waals surface area contributed by atoms with Crippen LogP contribution in [0.5, 0.6) is 0 Å². The monoisotopic (exact) mass is 338 g/mol. The molecule has 0 saturated carbocycles. The Morgan fingerprint density at radius 3 is 2.95 bits per heavy atom. The van der Waals surface area contributed by atoms with Crippen molar-refractivity contribution in [3.8, 4) is 0 Å². The first-order valence-electron chi connectivity index (χ1n) is 7.28. The molecule has 1 N–H and O–H groups in total. The van der Waals surface area contributed by atoms with Gasteiger partial charge in [0.2, 0.25) is 5.91 Å². The third kappa shape index (κ3) is 2.92. The number of benzene rings is 1. The summed E-state index contributed by atoms with van der Waals surface area (Å²) in [6.07, 6.45) is 2.20. The maximum Gasteiger partial charge on any atom is 0.227 e. The van der Waals surface area contributed by atoms with Gasteiger partial charge in [-0.25, -0.2) is 0 Å². The maximum atomic E-state index is 12.6. The Morgan fingerprint density at radius 2 is 2.23 bits per heavy atom. The second-order valence-electron chi connectivity index (χ2n) is 6.31. The van der Waals surface area contributed by atoms with Gasteiger partial charge in [-0.05, 0) is 37.6 Å². The molecule has 4 nitrogen and oxygen atoms in total. The minimum atomic E-state index is -0.869. The molecule has 0 radical (unpaired) electrons. The molecule has 1 unspecified atom stereocenters. The standard InChI is InChI=1S/C16H19ClN2O2S/c1-16(2)10-19(5-6-22(16)21)15(20)7-11-9-18-14-4-3-12(17)8-13(11)14/h3-4,8-9,18H,5-7,10H2,1-2H3. The van der Waals surface area contributed by atoms with Gasteiger partial charge in [-0.3, -0.25) is 9.00 Å². The molecule has 1 aliphatic heterocycles.